The number of carbonyl (C=O) groups excluding carboxylic acids is 3. The van der Waals surface area contributed by atoms with Gasteiger partial charge in [-0.15, -0.1) is 11.3 Å². The Kier molecular flexibility index (Phi) is 7.89. The number of unbranched alkanes of at least 4 members (excludes halogenated alkanes) is 1. The maximum Gasteiger partial charge on any atom is 0.338 e. The average molecular weight is 438 g/mol. The summed E-state index contributed by atoms with van der Waals surface area (Å²) < 4.78 is 5.16. The van der Waals surface area contributed by atoms with Crippen LogP contribution < -0.4 is 10.6 Å². The minimum absolute atomic E-state index is 0.0680. The van der Waals surface area contributed by atoms with E-state index in [1.807, 2.05) is 13.0 Å². The minimum atomic E-state index is -0.376. The van der Waals surface area contributed by atoms with Gasteiger partial charge in [0.15, 0.2) is 5.13 Å². The van der Waals surface area contributed by atoms with E-state index >= 15 is 0 Å². The fourth-order valence-corrected chi connectivity index (χ4v) is 3.36. The number of hydrogen-bond acceptors (Lipinski definition) is 6. The molecule has 0 saturated carbocycles. The van der Waals surface area contributed by atoms with Crippen LogP contribution in [-0.4, -0.2) is 29.4 Å². The van der Waals surface area contributed by atoms with Crippen molar-refractivity contribution in [2.45, 2.75) is 26.2 Å². The normalized spacial score (nSPS) is 10.4. The molecule has 0 aliphatic rings. The van der Waals surface area contributed by atoms with E-state index in [1.54, 1.807) is 53.9 Å². The Morgan fingerprint density at radius 1 is 0.968 bits per heavy atom. The summed E-state index contributed by atoms with van der Waals surface area (Å²) in [6.07, 6.45) is 1.85. The molecule has 3 rings (SSSR count). The molecule has 3 aromatic rings. The van der Waals surface area contributed by atoms with Crippen LogP contribution >= 0.6 is 11.3 Å². The van der Waals surface area contributed by atoms with Gasteiger partial charge in [-0.05, 0) is 42.8 Å². The van der Waals surface area contributed by atoms with Crippen LogP contribution in [0.5, 0.6) is 0 Å². The lowest BCUT2D eigenvalue weighted by atomic mass is 10.2. The van der Waals surface area contributed by atoms with E-state index in [9.17, 15) is 14.4 Å². The van der Waals surface area contributed by atoms with Crippen molar-refractivity contribution in [1.82, 2.24) is 4.98 Å². The zero-order valence-electron chi connectivity index (χ0n) is 17.1. The van der Waals surface area contributed by atoms with Gasteiger partial charge >= 0.3 is 5.97 Å². The molecule has 0 radical (unpaired) electrons. The second kappa shape index (κ2) is 11.0. The van der Waals surface area contributed by atoms with Gasteiger partial charge in [0, 0.05) is 16.6 Å². The van der Waals surface area contributed by atoms with Crippen molar-refractivity contribution >= 4 is 39.9 Å². The topological polar surface area (TPSA) is 97.4 Å². The first kappa shape index (κ1) is 22.2. The number of carbonyl (C=O) groups is 3. The van der Waals surface area contributed by atoms with Crippen LogP contribution in [-0.2, 0) is 16.0 Å². The van der Waals surface area contributed by atoms with Gasteiger partial charge in [0.2, 0.25) is 5.91 Å². The van der Waals surface area contributed by atoms with Crippen LogP contribution in [0, 0.1) is 0 Å². The maximum atomic E-state index is 12.3. The number of amides is 2. The van der Waals surface area contributed by atoms with E-state index in [-0.39, 0.29) is 24.2 Å². The summed E-state index contributed by atoms with van der Waals surface area (Å²) in [6.45, 7) is 2.42. The highest BCUT2D eigenvalue weighted by atomic mass is 32.1. The highest BCUT2D eigenvalue weighted by Crippen LogP contribution is 2.18. The second-order valence-corrected chi connectivity index (χ2v) is 7.61. The number of thiazole rings is 1. The Bertz CT molecular complexity index is 1030. The third kappa shape index (κ3) is 6.75. The molecule has 7 nitrogen and oxygen atoms in total. The standard InChI is InChI=1S/C23H23N3O4S/c1-2-3-13-30-22(29)17-9-11-18(12-10-17)24-20(27)14-19-15-31-23(25-19)26-21(28)16-7-5-4-6-8-16/h4-12,15H,2-3,13-14H2,1H3,(H,24,27)(H,25,26,28). The molecule has 1 heterocycles. The van der Waals surface area contributed by atoms with E-state index in [1.165, 1.54) is 11.3 Å². The van der Waals surface area contributed by atoms with Crippen LogP contribution in [0.2, 0.25) is 0 Å². The first-order valence-electron chi connectivity index (χ1n) is 9.93. The summed E-state index contributed by atoms with van der Waals surface area (Å²) in [5, 5.41) is 7.67. The number of benzene rings is 2. The predicted octanol–water partition coefficient (Wildman–Crippen LogP) is 4.53. The Balaban J connectivity index is 1.50. The van der Waals surface area contributed by atoms with E-state index in [2.05, 4.69) is 15.6 Å². The van der Waals surface area contributed by atoms with Crippen molar-refractivity contribution < 1.29 is 19.1 Å². The minimum Gasteiger partial charge on any atom is -0.462 e. The summed E-state index contributed by atoms with van der Waals surface area (Å²) in [6, 6.07) is 15.4. The lowest BCUT2D eigenvalue weighted by molar-refractivity contribution is -0.115. The number of nitrogens with one attached hydrogen (secondary N) is 2. The predicted molar refractivity (Wildman–Crippen MR) is 120 cm³/mol. The molecule has 0 aliphatic heterocycles. The molecule has 0 fully saturated rings. The van der Waals surface area contributed by atoms with Gasteiger partial charge in [-0.1, -0.05) is 31.5 Å². The molecule has 2 amide bonds. The van der Waals surface area contributed by atoms with Crippen molar-refractivity contribution in [1.29, 1.82) is 0 Å². The van der Waals surface area contributed by atoms with Gasteiger partial charge < -0.3 is 10.1 Å². The van der Waals surface area contributed by atoms with Gasteiger partial charge in [-0.3, -0.25) is 14.9 Å². The van der Waals surface area contributed by atoms with Crippen LogP contribution in [0.3, 0.4) is 0 Å². The smallest absolute Gasteiger partial charge is 0.338 e. The molecule has 2 aromatic carbocycles. The molecular formula is C23H23N3O4S. The molecule has 0 unspecified atom stereocenters. The highest BCUT2D eigenvalue weighted by Gasteiger charge is 2.12. The fourth-order valence-electron chi connectivity index (χ4n) is 2.66. The van der Waals surface area contributed by atoms with Crippen molar-refractivity contribution in [2.24, 2.45) is 0 Å². The number of aromatic nitrogens is 1. The van der Waals surface area contributed by atoms with Crippen LogP contribution in [0.4, 0.5) is 10.8 Å². The van der Waals surface area contributed by atoms with E-state index < -0.39 is 0 Å². The number of rotatable bonds is 9. The number of ether oxygens (including phenoxy) is 1. The first-order chi connectivity index (χ1) is 15.0. The van der Waals surface area contributed by atoms with Gasteiger partial charge in [-0.25, -0.2) is 9.78 Å². The lowest BCUT2D eigenvalue weighted by Gasteiger charge is -2.06. The number of nitrogens with zero attached hydrogens (tertiary/aromatic N) is 1. The van der Waals surface area contributed by atoms with Gasteiger partial charge in [0.25, 0.3) is 5.91 Å². The second-order valence-electron chi connectivity index (χ2n) is 6.76. The molecule has 0 atom stereocenters. The zero-order chi connectivity index (χ0) is 22.1. The molecule has 0 saturated heterocycles. The third-order valence-corrected chi connectivity index (χ3v) is 5.09. The zero-order valence-corrected chi connectivity index (χ0v) is 17.9. The quantitative estimate of drug-likeness (QED) is 0.379. The van der Waals surface area contributed by atoms with Crippen LogP contribution in [0.15, 0.2) is 60.0 Å². The third-order valence-electron chi connectivity index (χ3n) is 4.29. The first-order valence-corrected chi connectivity index (χ1v) is 10.8. The largest absolute Gasteiger partial charge is 0.462 e. The summed E-state index contributed by atoms with van der Waals surface area (Å²) in [5.41, 5.74) is 2.10. The van der Waals surface area contributed by atoms with Crippen molar-refractivity contribution in [3.63, 3.8) is 0 Å². The van der Waals surface area contributed by atoms with Crippen LogP contribution in [0.25, 0.3) is 0 Å². The number of hydrogen-bond donors (Lipinski definition) is 2. The molecule has 0 aliphatic carbocycles. The Morgan fingerprint density at radius 3 is 2.42 bits per heavy atom. The summed E-state index contributed by atoms with van der Waals surface area (Å²) in [5.74, 6) is -0.873. The van der Waals surface area contributed by atoms with Gasteiger partial charge in [-0.2, -0.15) is 0 Å². The van der Waals surface area contributed by atoms with Crippen LogP contribution in [0.1, 0.15) is 46.2 Å². The van der Waals surface area contributed by atoms with Crippen molar-refractivity contribution in [3.8, 4) is 0 Å². The Labute approximate surface area is 184 Å². The van der Waals surface area contributed by atoms with Gasteiger partial charge in [0.05, 0.1) is 24.3 Å². The van der Waals surface area contributed by atoms with E-state index in [4.69, 9.17) is 4.74 Å². The Morgan fingerprint density at radius 2 is 1.71 bits per heavy atom. The highest BCUT2D eigenvalue weighted by molar-refractivity contribution is 7.14. The molecule has 0 bridgehead atoms. The molecular weight excluding hydrogens is 414 g/mol. The Hall–Kier alpha value is -3.52. The van der Waals surface area contributed by atoms with Crippen molar-refractivity contribution in [2.75, 3.05) is 17.2 Å². The summed E-state index contributed by atoms with van der Waals surface area (Å²) >= 11 is 1.26. The summed E-state index contributed by atoms with van der Waals surface area (Å²) in [4.78, 5) is 40.7. The molecule has 2 N–H and O–H groups in total. The molecule has 31 heavy (non-hydrogen) atoms. The molecule has 160 valence electrons. The number of esters is 1. The lowest BCUT2D eigenvalue weighted by Crippen LogP contribution is -2.15. The van der Waals surface area contributed by atoms with Gasteiger partial charge in [0.1, 0.15) is 0 Å². The summed E-state index contributed by atoms with van der Waals surface area (Å²) in [7, 11) is 0. The average Bonchev–Trinajstić information content (AvgIpc) is 3.21. The van der Waals surface area contributed by atoms with Crippen molar-refractivity contribution in [3.05, 3.63) is 76.8 Å². The van der Waals surface area contributed by atoms with E-state index in [0.29, 0.717) is 34.2 Å². The fraction of sp³-hybridized carbons (Fsp3) is 0.217. The monoisotopic (exact) mass is 437 g/mol. The SMILES string of the molecule is CCCCOC(=O)c1ccc(NC(=O)Cc2csc(NC(=O)c3ccccc3)n2)cc1. The number of anilines is 2. The molecule has 1 aromatic heterocycles. The maximum absolute atomic E-state index is 12.3. The van der Waals surface area contributed by atoms with E-state index in [0.717, 1.165) is 12.8 Å². The molecule has 0 spiro atoms. The molecule has 8 heteroatoms.